The highest BCUT2D eigenvalue weighted by molar-refractivity contribution is 6.42. The summed E-state index contributed by atoms with van der Waals surface area (Å²) in [4.78, 5) is 37.4. The maximum absolute atomic E-state index is 13.2. The number of benzene rings is 1. The van der Waals surface area contributed by atoms with Crippen LogP contribution in [0.15, 0.2) is 24.5 Å². The number of carbonyl (C=O) groups excluding carboxylic acids is 2. The Morgan fingerprint density at radius 1 is 1.12 bits per heavy atom. The van der Waals surface area contributed by atoms with E-state index in [4.69, 9.17) is 28.9 Å². The van der Waals surface area contributed by atoms with Gasteiger partial charge in [-0.1, -0.05) is 29.3 Å². The molecule has 2 amide bonds. The van der Waals surface area contributed by atoms with Gasteiger partial charge in [-0.3, -0.25) is 14.5 Å². The maximum atomic E-state index is 13.2. The summed E-state index contributed by atoms with van der Waals surface area (Å²) in [6.45, 7) is 5.30. The fourth-order valence-electron chi connectivity index (χ4n) is 4.61. The van der Waals surface area contributed by atoms with Gasteiger partial charge in [0, 0.05) is 37.8 Å². The number of anilines is 1. The van der Waals surface area contributed by atoms with Crippen molar-refractivity contribution in [2.24, 2.45) is 11.7 Å². The van der Waals surface area contributed by atoms with Crippen LogP contribution in [0.5, 0.6) is 0 Å². The first kappa shape index (κ1) is 23.7. The first-order valence-electron chi connectivity index (χ1n) is 11.2. The molecular formula is C23H28Cl2N6O2. The van der Waals surface area contributed by atoms with E-state index in [1.165, 1.54) is 6.33 Å². The van der Waals surface area contributed by atoms with Gasteiger partial charge in [-0.25, -0.2) is 9.97 Å². The van der Waals surface area contributed by atoms with Crippen LogP contribution in [-0.2, 0) is 11.3 Å². The Kier molecular flexibility index (Phi) is 7.36. The third kappa shape index (κ3) is 5.39. The molecule has 2 saturated heterocycles. The van der Waals surface area contributed by atoms with Crippen LogP contribution in [0.4, 0.5) is 5.82 Å². The maximum Gasteiger partial charge on any atom is 0.272 e. The number of nitrogens with one attached hydrogen (secondary N) is 1. The number of halogens is 2. The van der Waals surface area contributed by atoms with E-state index in [0.29, 0.717) is 52.8 Å². The molecule has 2 fully saturated rings. The second-order valence-electron chi connectivity index (χ2n) is 8.70. The van der Waals surface area contributed by atoms with Crippen LogP contribution in [-0.4, -0.2) is 63.8 Å². The van der Waals surface area contributed by atoms with E-state index in [1.54, 1.807) is 12.1 Å². The molecule has 3 N–H and O–H groups in total. The van der Waals surface area contributed by atoms with Crippen LogP contribution in [0, 0.1) is 12.8 Å². The number of hydrogen-bond donors (Lipinski definition) is 2. The lowest BCUT2D eigenvalue weighted by molar-refractivity contribution is -0.121. The predicted molar refractivity (Wildman–Crippen MR) is 128 cm³/mol. The molecule has 0 radical (unpaired) electrons. The van der Waals surface area contributed by atoms with Gasteiger partial charge in [-0.05, 0) is 50.4 Å². The molecule has 0 saturated carbocycles. The van der Waals surface area contributed by atoms with Crippen LogP contribution in [0.1, 0.15) is 40.9 Å². The number of primary amides is 1. The zero-order valence-corrected chi connectivity index (χ0v) is 20.1. The molecule has 2 aliphatic heterocycles. The Morgan fingerprint density at radius 2 is 1.88 bits per heavy atom. The molecule has 33 heavy (non-hydrogen) atoms. The van der Waals surface area contributed by atoms with Crippen molar-refractivity contribution >= 4 is 40.8 Å². The average molecular weight is 491 g/mol. The Labute approximate surface area is 203 Å². The molecule has 1 aromatic carbocycles. The summed E-state index contributed by atoms with van der Waals surface area (Å²) < 4.78 is 0. The average Bonchev–Trinajstić information content (AvgIpc) is 3.31. The molecular weight excluding hydrogens is 463 g/mol. The topological polar surface area (TPSA) is 104 Å². The van der Waals surface area contributed by atoms with E-state index in [9.17, 15) is 9.59 Å². The molecule has 4 rings (SSSR count). The van der Waals surface area contributed by atoms with Crippen LogP contribution < -0.4 is 11.1 Å². The molecule has 3 heterocycles. The predicted octanol–water partition coefficient (Wildman–Crippen LogP) is 3.12. The van der Waals surface area contributed by atoms with Crippen LogP contribution in [0.3, 0.4) is 0 Å². The Hall–Kier alpha value is -2.42. The van der Waals surface area contributed by atoms with Crippen molar-refractivity contribution in [2.45, 2.75) is 38.8 Å². The number of aromatic nitrogens is 2. The zero-order valence-electron chi connectivity index (χ0n) is 18.6. The summed E-state index contributed by atoms with van der Waals surface area (Å²) in [6.07, 6.45) is 4.00. The van der Waals surface area contributed by atoms with Crippen LogP contribution in [0.2, 0.25) is 10.0 Å². The van der Waals surface area contributed by atoms with Gasteiger partial charge in [-0.15, -0.1) is 0 Å². The van der Waals surface area contributed by atoms with Gasteiger partial charge < -0.3 is 16.0 Å². The lowest BCUT2D eigenvalue weighted by Gasteiger charge is -2.36. The highest BCUT2D eigenvalue weighted by Crippen LogP contribution is 2.26. The highest BCUT2D eigenvalue weighted by Gasteiger charge is 2.34. The highest BCUT2D eigenvalue weighted by atomic mass is 35.5. The van der Waals surface area contributed by atoms with Crippen molar-refractivity contribution in [3.63, 3.8) is 0 Å². The zero-order chi connectivity index (χ0) is 23.5. The van der Waals surface area contributed by atoms with Crippen molar-refractivity contribution in [2.75, 3.05) is 31.5 Å². The second kappa shape index (κ2) is 10.2. The first-order valence-corrected chi connectivity index (χ1v) is 11.9. The number of nitrogens with two attached hydrogens (primary N) is 1. The molecule has 0 bridgehead atoms. The number of piperidine rings is 1. The van der Waals surface area contributed by atoms with E-state index in [-0.39, 0.29) is 17.7 Å². The van der Waals surface area contributed by atoms with Gasteiger partial charge in [0.2, 0.25) is 5.91 Å². The molecule has 0 spiro atoms. The SMILES string of the molecule is Cc1c(NCc2ccc(Cl)c(Cl)c2)ncnc1C(=O)N1CCC(N2CC[C@H](C(N)=O)C2)CC1. The first-order chi connectivity index (χ1) is 15.8. The van der Waals surface area contributed by atoms with Gasteiger partial charge >= 0.3 is 0 Å². The van der Waals surface area contributed by atoms with Crippen molar-refractivity contribution in [1.82, 2.24) is 19.8 Å². The number of likely N-dealkylation sites (tertiary alicyclic amines) is 2. The summed E-state index contributed by atoms with van der Waals surface area (Å²) in [7, 11) is 0. The van der Waals surface area contributed by atoms with Gasteiger partial charge in [-0.2, -0.15) is 0 Å². The smallest absolute Gasteiger partial charge is 0.272 e. The lowest BCUT2D eigenvalue weighted by Crippen LogP contribution is -2.46. The van der Waals surface area contributed by atoms with Crippen LogP contribution >= 0.6 is 23.2 Å². The van der Waals surface area contributed by atoms with E-state index in [0.717, 1.165) is 37.9 Å². The van der Waals surface area contributed by atoms with Crippen molar-refractivity contribution in [3.8, 4) is 0 Å². The summed E-state index contributed by atoms with van der Waals surface area (Å²) in [5, 5.41) is 4.26. The van der Waals surface area contributed by atoms with Gasteiger partial charge in [0.05, 0.1) is 16.0 Å². The van der Waals surface area contributed by atoms with Crippen molar-refractivity contribution < 1.29 is 9.59 Å². The Bertz CT molecular complexity index is 1040. The lowest BCUT2D eigenvalue weighted by atomic mass is 10.0. The number of carbonyl (C=O) groups is 2. The second-order valence-corrected chi connectivity index (χ2v) is 9.52. The number of rotatable bonds is 6. The van der Waals surface area contributed by atoms with Gasteiger partial charge in [0.15, 0.2) is 0 Å². The largest absolute Gasteiger partial charge is 0.369 e. The molecule has 176 valence electrons. The summed E-state index contributed by atoms with van der Waals surface area (Å²) in [5.74, 6) is 0.266. The van der Waals surface area contributed by atoms with Crippen LogP contribution in [0.25, 0.3) is 0 Å². The minimum atomic E-state index is -0.215. The summed E-state index contributed by atoms with van der Waals surface area (Å²) >= 11 is 12.1. The molecule has 8 nitrogen and oxygen atoms in total. The number of amides is 2. The molecule has 10 heteroatoms. The monoisotopic (exact) mass is 490 g/mol. The summed E-state index contributed by atoms with van der Waals surface area (Å²) in [6, 6.07) is 5.83. The van der Waals surface area contributed by atoms with Gasteiger partial charge in [0.25, 0.3) is 5.91 Å². The minimum Gasteiger partial charge on any atom is -0.369 e. The normalized spacial score (nSPS) is 19.6. The Morgan fingerprint density at radius 3 is 2.55 bits per heavy atom. The molecule has 2 aliphatic rings. The van der Waals surface area contributed by atoms with E-state index in [1.807, 2.05) is 17.9 Å². The quantitative estimate of drug-likeness (QED) is 0.644. The van der Waals surface area contributed by atoms with E-state index < -0.39 is 0 Å². The fourth-order valence-corrected chi connectivity index (χ4v) is 4.94. The Balaban J connectivity index is 1.36. The minimum absolute atomic E-state index is 0.0526. The summed E-state index contributed by atoms with van der Waals surface area (Å²) in [5.41, 5.74) is 7.55. The fraction of sp³-hybridized carbons (Fsp3) is 0.478. The molecule has 1 atom stereocenters. The van der Waals surface area contributed by atoms with Crippen molar-refractivity contribution in [1.29, 1.82) is 0 Å². The molecule has 2 aromatic rings. The number of hydrogen-bond acceptors (Lipinski definition) is 6. The molecule has 0 aliphatic carbocycles. The molecule has 1 aromatic heterocycles. The third-order valence-corrected chi connectivity index (χ3v) is 7.36. The third-order valence-electron chi connectivity index (χ3n) is 6.62. The van der Waals surface area contributed by atoms with Gasteiger partial charge in [0.1, 0.15) is 17.8 Å². The van der Waals surface area contributed by atoms with E-state index in [2.05, 4.69) is 20.2 Å². The molecule has 0 unspecified atom stereocenters. The number of nitrogens with zero attached hydrogens (tertiary/aromatic N) is 4. The van der Waals surface area contributed by atoms with E-state index >= 15 is 0 Å². The standard InChI is InChI=1S/C23H28Cl2N6O2/c1-14-20(28-13-29-22(14)27-11-15-2-3-18(24)19(25)10-15)23(33)30-8-5-17(6-9-30)31-7-4-16(12-31)21(26)32/h2-3,10,13,16-17H,4-9,11-12H2,1H3,(H2,26,32)(H,27,28,29)/t16-/m0/s1. The van der Waals surface area contributed by atoms with Crippen molar-refractivity contribution in [3.05, 3.63) is 51.4 Å².